The fourth-order valence-corrected chi connectivity index (χ4v) is 8.81. The van der Waals surface area contributed by atoms with Crippen molar-refractivity contribution < 1.29 is 28.9 Å². The lowest BCUT2D eigenvalue weighted by molar-refractivity contribution is -0.123. The molecule has 5 aliphatic rings. The number of amides is 1. The van der Waals surface area contributed by atoms with Gasteiger partial charge in [-0.25, -0.2) is 0 Å². The molecule has 12 nitrogen and oxygen atoms in total. The lowest BCUT2D eigenvalue weighted by atomic mass is 9.69. The molecule has 256 valence electrons. The van der Waals surface area contributed by atoms with E-state index < -0.39 is 24.2 Å². The van der Waals surface area contributed by atoms with Crippen LogP contribution in [0.4, 0.5) is 5.69 Å². The quantitative estimate of drug-likeness (QED) is 0.332. The number of nitrogens with one attached hydrogen (secondary N) is 3. The van der Waals surface area contributed by atoms with Gasteiger partial charge in [0, 0.05) is 41.0 Å². The van der Waals surface area contributed by atoms with Crippen molar-refractivity contribution in [2.45, 2.75) is 76.0 Å². The molecule has 1 aliphatic carbocycles. The number of allylic oxidation sites excluding steroid dienone is 1. The standard InChI is InChI=1S/C36H40N6O6S/c1-17-11-20-12-23-25(14-37)42-24(29(41(23)4)27(20)31(44)32(17)46-5)13-22-28(34-33(47-16-48-34)18(2)30(22)43)26(42)15-38-35(45)19(3)39-36(49)40-21-9-7-6-8-10-21/h6-11,19,23-26,29,34,44H,12-13,15-16H2,1-5H3,(H,38,45)(H2,39,40,49)/t19?,23-,24?,25-,26-,29-,34?/m0/s1. The second kappa shape index (κ2) is 12.8. The van der Waals surface area contributed by atoms with E-state index in [1.807, 2.05) is 50.4 Å². The number of rotatable bonds is 6. The van der Waals surface area contributed by atoms with Gasteiger partial charge in [-0.1, -0.05) is 24.3 Å². The average molecular weight is 685 g/mol. The number of piperazine rings is 1. The van der Waals surface area contributed by atoms with Gasteiger partial charge in [0.25, 0.3) is 0 Å². The van der Waals surface area contributed by atoms with Gasteiger partial charge in [0.15, 0.2) is 29.2 Å². The van der Waals surface area contributed by atoms with Gasteiger partial charge in [-0.15, -0.1) is 0 Å². The van der Waals surface area contributed by atoms with Crippen LogP contribution in [0.1, 0.15) is 43.0 Å². The Morgan fingerprint density at radius 3 is 2.69 bits per heavy atom. The minimum atomic E-state index is -0.688. The molecule has 49 heavy (non-hydrogen) atoms. The van der Waals surface area contributed by atoms with E-state index in [0.29, 0.717) is 40.6 Å². The number of anilines is 1. The summed E-state index contributed by atoms with van der Waals surface area (Å²) >= 11 is 5.46. The third kappa shape index (κ3) is 5.34. The fraction of sp³-hybridized carbons (Fsp3) is 0.444. The van der Waals surface area contributed by atoms with Gasteiger partial charge >= 0.3 is 0 Å². The van der Waals surface area contributed by atoms with Crippen LogP contribution >= 0.6 is 12.2 Å². The first kappa shape index (κ1) is 33.0. The lowest BCUT2D eigenvalue weighted by Crippen LogP contribution is -2.71. The predicted octanol–water partition coefficient (Wildman–Crippen LogP) is 2.97. The number of ketones is 1. The molecule has 2 aromatic carbocycles. The van der Waals surface area contributed by atoms with E-state index in [0.717, 1.165) is 28.0 Å². The molecule has 0 aromatic heterocycles. The molecule has 1 amide bonds. The first-order chi connectivity index (χ1) is 23.5. The number of nitriles is 1. The number of thiocarbonyl (C=S) groups is 1. The Morgan fingerprint density at radius 2 is 1.98 bits per heavy atom. The highest BCUT2D eigenvalue weighted by molar-refractivity contribution is 7.80. The maximum absolute atomic E-state index is 14.1. The molecule has 4 N–H and O–H groups in total. The number of para-hydroxylation sites is 1. The molecular formula is C36H40N6O6S. The zero-order valence-electron chi connectivity index (χ0n) is 28.1. The van der Waals surface area contributed by atoms with Crippen molar-refractivity contribution in [3.63, 3.8) is 0 Å². The minimum absolute atomic E-state index is 0.00673. The number of carbonyl (C=O) groups excluding carboxylic acids is 2. The van der Waals surface area contributed by atoms with Crippen LogP contribution in [0.2, 0.25) is 0 Å². The smallest absolute Gasteiger partial charge is 0.242 e. The fourth-order valence-electron chi connectivity index (χ4n) is 8.52. The average Bonchev–Trinajstić information content (AvgIpc) is 3.57. The van der Waals surface area contributed by atoms with E-state index in [-0.39, 0.29) is 48.9 Å². The zero-order chi connectivity index (χ0) is 34.7. The van der Waals surface area contributed by atoms with Crippen LogP contribution in [0.5, 0.6) is 11.5 Å². The molecule has 3 unspecified atom stereocenters. The molecule has 2 fully saturated rings. The summed E-state index contributed by atoms with van der Waals surface area (Å²) in [6.07, 6.45) is 0.262. The number of hydrogen-bond acceptors (Lipinski definition) is 10. The van der Waals surface area contributed by atoms with Crippen LogP contribution in [0.15, 0.2) is 58.9 Å². The Labute approximate surface area is 290 Å². The van der Waals surface area contributed by atoms with E-state index >= 15 is 0 Å². The summed E-state index contributed by atoms with van der Waals surface area (Å²) in [5, 5.41) is 32.0. The third-order valence-corrected chi connectivity index (χ3v) is 10.9. The first-order valence-electron chi connectivity index (χ1n) is 16.5. The van der Waals surface area contributed by atoms with E-state index in [9.17, 15) is 20.0 Å². The number of hydrogen-bond donors (Lipinski definition) is 4. The number of phenolic OH excluding ortho intramolecular Hbond substituents is 1. The molecule has 4 aliphatic heterocycles. The van der Waals surface area contributed by atoms with Crippen molar-refractivity contribution in [3.8, 4) is 17.6 Å². The predicted molar refractivity (Wildman–Crippen MR) is 185 cm³/mol. The summed E-state index contributed by atoms with van der Waals surface area (Å²) < 4.78 is 17.5. The normalized spacial score (nSPS) is 27.9. The van der Waals surface area contributed by atoms with Crippen LogP contribution in [-0.4, -0.2) is 95.5 Å². The van der Waals surface area contributed by atoms with Gasteiger partial charge in [-0.3, -0.25) is 19.4 Å². The number of methoxy groups -OCH3 is 1. The number of phenols is 1. The van der Waals surface area contributed by atoms with Crippen LogP contribution in [-0.2, 0) is 25.5 Å². The molecule has 2 aromatic rings. The first-order valence-corrected chi connectivity index (χ1v) is 16.9. The Hall–Kier alpha value is -4.48. The van der Waals surface area contributed by atoms with Crippen molar-refractivity contribution in [2.24, 2.45) is 0 Å². The number of Topliss-reactive ketones (excluding diaryl/α,β-unsaturated/α-hetero) is 1. The van der Waals surface area contributed by atoms with Crippen LogP contribution in [0.25, 0.3) is 0 Å². The second-order valence-electron chi connectivity index (χ2n) is 13.3. The van der Waals surface area contributed by atoms with Crippen molar-refractivity contribution in [2.75, 3.05) is 32.8 Å². The maximum atomic E-state index is 14.1. The van der Waals surface area contributed by atoms with E-state index in [4.69, 9.17) is 26.4 Å². The lowest BCUT2D eigenvalue weighted by Gasteiger charge is -2.60. The van der Waals surface area contributed by atoms with Crippen LogP contribution < -0.4 is 20.7 Å². The molecule has 0 radical (unpaired) electrons. The Kier molecular flexibility index (Phi) is 8.60. The summed E-state index contributed by atoms with van der Waals surface area (Å²) in [5.41, 5.74) is 5.14. The summed E-state index contributed by atoms with van der Waals surface area (Å²) in [4.78, 5) is 32.0. The highest BCUT2D eigenvalue weighted by Crippen LogP contribution is 2.54. The number of ether oxygens (including phenoxy) is 3. The van der Waals surface area contributed by atoms with Crippen molar-refractivity contribution in [1.82, 2.24) is 20.4 Å². The van der Waals surface area contributed by atoms with Gasteiger partial charge in [-0.05, 0) is 81.7 Å². The van der Waals surface area contributed by atoms with Gasteiger partial charge in [-0.2, -0.15) is 5.26 Å². The number of likely N-dealkylation sites (N-methyl/N-ethyl adjacent to an activating group) is 1. The highest BCUT2D eigenvalue weighted by Gasteiger charge is 2.58. The summed E-state index contributed by atoms with van der Waals surface area (Å²) in [6.45, 7) is 5.48. The topological polar surface area (TPSA) is 148 Å². The second-order valence-corrected chi connectivity index (χ2v) is 13.7. The molecule has 0 spiro atoms. The number of aryl methyl sites for hydroxylation is 1. The number of benzene rings is 2. The van der Waals surface area contributed by atoms with Crippen LogP contribution in [0, 0.1) is 18.3 Å². The van der Waals surface area contributed by atoms with Crippen molar-refractivity contribution >= 4 is 34.7 Å². The zero-order valence-corrected chi connectivity index (χ0v) is 28.9. The Morgan fingerprint density at radius 1 is 1.22 bits per heavy atom. The van der Waals surface area contributed by atoms with E-state index in [1.165, 1.54) is 7.11 Å². The Balaban J connectivity index is 1.25. The van der Waals surface area contributed by atoms with Crippen molar-refractivity contribution in [3.05, 3.63) is 75.6 Å². The number of fused-ring (bicyclic) bond motifs is 8. The molecule has 0 saturated carbocycles. The largest absolute Gasteiger partial charge is 0.504 e. The highest BCUT2D eigenvalue weighted by atomic mass is 32.1. The molecule has 2 bridgehead atoms. The van der Waals surface area contributed by atoms with Gasteiger partial charge in [0.2, 0.25) is 5.91 Å². The van der Waals surface area contributed by atoms with E-state index in [2.05, 4.69) is 31.8 Å². The van der Waals surface area contributed by atoms with Gasteiger partial charge in [0.05, 0.1) is 25.3 Å². The SMILES string of the molecule is COc1c(C)cc2c(c1O)[C@@H]1C3CC4=C(C5OCOC5=C(C)C4=O)[C@H](CNC(=O)C(C)NC(=S)Nc4ccccc4)N3[C@@H](C#N)[C@H](C2)N1C. The van der Waals surface area contributed by atoms with Gasteiger partial charge in [0.1, 0.15) is 23.9 Å². The van der Waals surface area contributed by atoms with Crippen molar-refractivity contribution in [1.29, 1.82) is 5.26 Å². The van der Waals surface area contributed by atoms with Crippen LogP contribution in [0.3, 0.4) is 0 Å². The number of carbonyl (C=O) groups is 2. The van der Waals surface area contributed by atoms with Gasteiger partial charge < -0.3 is 35.3 Å². The summed E-state index contributed by atoms with van der Waals surface area (Å²) in [6, 6.07) is 11.2. The molecule has 7 rings (SSSR count). The molecule has 13 heteroatoms. The third-order valence-electron chi connectivity index (χ3n) is 10.7. The molecule has 4 heterocycles. The van der Waals surface area contributed by atoms with E-state index in [1.54, 1.807) is 13.8 Å². The summed E-state index contributed by atoms with van der Waals surface area (Å²) in [5.74, 6) is 0.541. The monoisotopic (exact) mass is 684 g/mol. The molecule has 7 atom stereocenters. The number of aromatic hydroxyl groups is 1. The molecular weight excluding hydrogens is 644 g/mol. The minimum Gasteiger partial charge on any atom is -0.504 e. The molecule has 2 saturated heterocycles. The maximum Gasteiger partial charge on any atom is 0.242 e. The number of nitrogens with zero attached hydrogens (tertiary/aromatic N) is 3. The Bertz CT molecular complexity index is 1840. The summed E-state index contributed by atoms with van der Waals surface area (Å²) in [7, 11) is 3.52.